The maximum absolute atomic E-state index is 12.6. The average molecular weight is 449 g/mol. The van der Waals surface area contributed by atoms with Crippen molar-refractivity contribution < 1.29 is 4.79 Å². The lowest BCUT2D eigenvalue weighted by Gasteiger charge is -2.41. The van der Waals surface area contributed by atoms with Crippen LogP contribution in [-0.4, -0.2) is 56.1 Å². The molecule has 0 spiro atoms. The number of benzene rings is 2. The first-order valence-electron chi connectivity index (χ1n) is 10.9. The first-order valence-corrected chi connectivity index (χ1v) is 11.3. The molecule has 7 nitrogen and oxygen atoms in total. The van der Waals surface area contributed by atoms with Crippen LogP contribution in [0.2, 0.25) is 5.02 Å². The molecule has 4 aromatic rings. The van der Waals surface area contributed by atoms with Crippen LogP contribution in [-0.2, 0) is 4.79 Å². The van der Waals surface area contributed by atoms with E-state index >= 15 is 0 Å². The minimum atomic E-state index is -0.0103. The Morgan fingerprint density at radius 1 is 1.06 bits per heavy atom. The van der Waals surface area contributed by atoms with Crippen molar-refractivity contribution >= 4 is 40.0 Å². The Morgan fingerprint density at radius 2 is 1.81 bits per heavy atom. The predicted octanol–water partition coefficient (Wildman–Crippen LogP) is 4.29. The van der Waals surface area contributed by atoms with Gasteiger partial charge in [0.15, 0.2) is 11.5 Å². The molecule has 0 bridgehead atoms. The number of rotatable bonds is 3. The molecular formula is C24H25ClN6O. The van der Waals surface area contributed by atoms with Gasteiger partial charge in [-0.3, -0.25) is 4.79 Å². The van der Waals surface area contributed by atoms with Gasteiger partial charge >= 0.3 is 0 Å². The van der Waals surface area contributed by atoms with Crippen LogP contribution in [0.25, 0.3) is 27.9 Å². The van der Waals surface area contributed by atoms with Gasteiger partial charge in [0.2, 0.25) is 11.9 Å². The van der Waals surface area contributed by atoms with Crippen molar-refractivity contribution in [2.45, 2.75) is 26.8 Å². The largest absolute Gasteiger partial charge is 0.338 e. The summed E-state index contributed by atoms with van der Waals surface area (Å²) in [5, 5.41) is 10.7. The van der Waals surface area contributed by atoms with Gasteiger partial charge in [0.1, 0.15) is 0 Å². The number of anilines is 1. The number of hydrogen-bond acceptors (Lipinski definition) is 5. The monoisotopic (exact) mass is 448 g/mol. The molecule has 1 atom stereocenters. The van der Waals surface area contributed by atoms with Gasteiger partial charge in [0.25, 0.3) is 0 Å². The van der Waals surface area contributed by atoms with Gasteiger partial charge in [-0.15, -0.1) is 10.2 Å². The predicted molar refractivity (Wildman–Crippen MR) is 127 cm³/mol. The Morgan fingerprint density at radius 3 is 2.53 bits per heavy atom. The summed E-state index contributed by atoms with van der Waals surface area (Å²) >= 11 is 6.10. The topological polar surface area (TPSA) is 66.6 Å². The van der Waals surface area contributed by atoms with Crippen LogP contribution in [0.15, 0.2) is 48.5 Å². The maximum atomic E-state index is 12.6. The van der Waals surface area contributed by atoms with E-state index in [4.69, 9.17) is 16.6 Å². The third-order valence-corrected chi connectivity index (χ3v) is 6.27. The molecule has 0 aliphatic carbocycles. The van der Waals surface area contributed by atoms with Crippen molar-refractivity contribution in [2.24, 2.45) is 5.92 Å². The van der Waals surface area contributed by atoms with Crippen LogP contribution in [0.3, 0.4) is 0 Å². The number of hydrogen-bond donors (Lipinski definition) is 0. The molecule has 32 heavy (non-hydrogen) atoms. The Labute approximate surface area is 191 Å². The highest BCUT2D eigenvalue weighted by Crippen LogP contribution is 2.30. The van der Waals surface area contributed by atoms with E-state index in [9.17, 15) is 4.79 Å². The Kier molecular flexibility index (Phi) is 5.21. The maximum Gasteiger partial charge on any atom is 0.225 e. The average Bonchev–Trinajstić information content (AvgIpc) is 3.24. The fraction of sp³-hybridized carbons (Fsp3) is 0.333. The summed E-state index contributed by atoms with van der Waals surface area (Å²) in [7, 11) is 0. The highest BCUT2D eigenvalue weighted by Gasteiger charge is 2.31. The van der Waals surface area contributed by atoms with Crippen molar-refractivity contribution in [3.8, 4) is 11.4 Å². The molecule has 0 N–H and O–H groups in total. The van der Waals surface area contributed by atoms with Crippen molar-refractivity contribution in [1.82, 2.24) is 24.5 Å². The summed E-state index contributed by atoms with van der Waals surface area (Å²) in [5.74, 6) is 1.69. The smallest absolute Gasteiger partial charge is 0.225 e. The molecule has 2 aromatic carbocycles. The second kappa shape index (κ2) is 8.06. The van der Waals surface area contributed by atoms with Crippen molar-refractivity contribution in [2.75, 3.05) is 24.5 Å². The van der Waals surface area contributed by atoms with Crippen LogP contribution < -0.4 is 4.90 Å². The summed E-state index contributed by atoms with van der Waals surface area (Å²) < 4.78 is 2.03. The van der Waals surface area contributed by atoms with Crippen LogP contribution in [0.5, 0.6) is 0 Å². The van der Waals surface area contributed by atoms with E-state index in [2.05, 4.69) is 22.0 Å². The highest BCUT2D eigenvalue weighted by atomic mass is 35.5. The zero-order valence-corrected chi connectivity index (χ0v) is 19.1. The standard InChI is InChI=1S/C24H25ClN6O/c1-15(2)23(32)30-13-12-29(14-16(30)3)24-26-20-7-5-4-6-19(20)22-28-27-21(31(22)24)17-8-10-18(25)11-9-17/h4-11,15-16H,12-14H2,1-3H3. The van der Waals surface area contributed by atoms with E-state index in [1.807, 2.05) is 71.7 Å². The molecule has 8 heteroatoms. The van der Waals surface area contributed by atoms with E-state index in [1.54, 1.807) is 0 Å². The number of nitrogens with zero attached hydrogens (tertiary/aromatic N) is 6. The van der Waals surface area contributed by atoms with Gasteiger partial charge in [-0.25, -0.2) is 9.38 Å². The zero-order valence-electron chi connectivity index (χ0n) is 18.4. The van der Waals surface area contributed by atoms with E-state index < -0.39 is 0 Å². The number of fused-ring (bicyclic) bond motifs is 3. The zero-order chi connectivity index (χ0) is 22.4. The summed E-state index contributed by atoms with van der Waals surface area (Å²) in [6.07, 6.45) is 0. The van der Waals surface area contributed by atoms with Gasteiger partial charge in [-0.05, 0) is 43.3 Å². The normalized spacial score (nSPS) is 17.0. The van der Waals surface area contributed by atoms with Crippen molar-refractivity contribution in [3.05, 3.63) is 53.6 Å². The molecule has 164 valence electrons. The number of para-hydroxylation sites is 1. The molecule has 3 heterocycles. The number of aromatic nitrogens is 4. The quantitative estimate of drug-likeness (QED) is 0.467. The molecule has 1 amide bonds. The van der Waals surface area contributed by atoms with Gasteiger partial charge in [0, 0.05) is 47.6 Å². The lowest BCUT2D eigenvalue weighted by molar-refractivity contribution is -0.136. The lowest BCUT2D eigenvalue weighted by atomic mass is 10.1. The fourth-order valence-electron chi connectivity index (χ4n) is 4.36. The Hall–Kier alpha value is -3.19. The molecule has 2 aromatic heterocycles. The summed E-state index contributed by atoms with van der Waals surface area (Å²) in [5.41, 5.74) is 2.56. The lowest BCUT2D eigenvalue weighted by Crippen LogP contribution is -2.55. The number of amides is 1. The second-order valence-electron chi connectivity index (χ2n) is 8.60. The molecule has 1 aliphatic rings. The van der Waals surface area contributed by atoms with Gasteiger partial charge < -0.3 is 9.80 Å². The highest BCUT2D eigenvalue weighted by molar-refractivity contribution is 6.30. The first kappa shape index (κ1) is 20.7. The number of carbonyl (C=O) groups excluding carboxylic acids is 1. The van der Waals surface area contributed by atoms with E-state index in [0.29, 0.717) is 24.7 Å². The van der Waals surface area contributed by atoms with E-state index in [1.165, 1.54) is 0 Å². The van der Waals surface area contributed by atoms with Crippen molar-refractivity contribution in [1.29, 1.82) is 0 Å². The first-order chi connectivity index (χ1) is 15.4. The molecule has 1 aliphatic heterocycles. The van der Waals surface area contributed by atoms with Crippen molar-refractivity contribution in [3.63, 3.8) is 0 Å². The molecule has 1 unspecified atom stereocenters. The Balaban J connectivity index is 1.64. The molecule has 1 fully saturated rings. The molecule has 5 rings (SSSR count). The van der Waals surface area contributed by atoms with Crippen LogP contribution >= 0.6 is 11.6 Å². The molecular weight excluding hydrogens is 424 g/mol. The third kappa shape index (κ3) is 3.46. The third-order valence-electron chi connectivity index (χ3n) is 6.02. The van der Waals surface area contributed by atoms with Crippen LogP contribution in [0.1, 0.15) is 20.8 Å². The Bertz CT molecular complexity index is 1300. The van der Waals surface area contributed by atoms with Crippen LogP contribution in [0, 0.1) is 5.92 Å². The fourth-order valence-corrected chi connectivity index (χ4v) is 4.49. The summed E-state index contributed by atoms with van der Waals surface area (Å²) in [4.78, 5) is 21.9. The van der Waals surface area contributed by atoms with E-state index in [-0.39, 0.29) is 17.9 Å². The number of piperazine rings is 1. The molecule has 0 radical (unpaired) electrons. The number of carbonyl (C=O) groups is 1. The van der Waals surface area contributed by atoms with Gasteiger partial charge in [-0.2, -0.15) is 0 Å². The SMILES string of the molecule is CC(C)C(=O)N1CCN(c2nc3ccccc3c3nnc(-c4ccc(Cl)cc4)n23)CC1C. The summed E-state index contributed by atoms with van der Waals surface area (Å²) in [6, 6.07) is 15.7. The number of halogens is 1. The molecule has 1 saturated heterocycles. The molecule has 0 saturated carbocycles. The second-order valence-corrected chi connectivity index (χ2v) is 9.04. The van der Waals surface area contributed by atoms with Gasteiger partial charge in [-0.1, -0.05) is 37.6 Å². The minimum Gasteiger partial charge on any atom is -0.338 e. The van der Waals surface area contributed by atoms with Gasteiger partial charge in [0.05, 0.1) is 5.52 Å². The summed E-state index contributed by atoms with van der Waals surface area (Å²) in [6.45, 7) is 8.04. The van der Waals surface area contributed by atoms with Crippen LogP contribution in [0.4, 0.5) is 5.95 Å². The van der Waals surface area contributed by atoms with E-state index in [0.717, 1.165) is 33.9 Å². The minimum absolute atomic E-state index is 0.0103.